The Labute approximate surface area is 174 Å². The number of ether oxygens (including phenoxy) is 5. The van der Waals surface area contributed by atoms with E-state index >= 15 is 0 Å². The normalized spacial score (nSPS) is 36.1. The van der Waals surface area contributed by atoms with Gasteiger partial charge in [0.2, 0.25) is 5.79 Å². The zero-order valence-corrected chi connectivity index (χ0v) is 17.1. The first-order chi connectivity index (χ1) is 14.4. The van der Waals surface area contributed by atoms with Crippen molar-refractivity contribution in [1.29, 1.82) is 0 Å². The molecule has 2 fully saturated rings. The molecule has 0 radical (unpaired) electrons. The summed E-state index contributed by atoms with van der Waals surface area (Å²) in [7, 11) is 2.86. The van der Waals surface area contributed by atoms with Gasteiger partial charge in [0, 0.05) is 27.1 Å². The van der Waals surface area contributed by atoms with Crippen molar-refractivity contribution in [3.63, 3.8) is 0 Å². The molecule has 8 nitrogen and oxygen atoms in total. The second-order valence-corrected chi connectivity index (χ2v) is 7.86. The monoisotopic (exact) mass is 418 g/mol. The standard InChI is InChI=1S/C22H26O8/c1-13(23)30-19-15-9-10-21(22(19,26-2)27-3)16(12-29-20(25)17(21)18(15)24)28-11-14-7-5-4-6-8-14/h4-10,15-19,24H,11-12H2,1-3H3. The molecule has 3 aliphatic carbocycles. The summed E-state index contributed by atoms with van der Waals surface area (Å²) in [5, 5.41) is 11.1. The van der Waals surface area contributed by atoms with Crippen molar-refractivity contribution >= 4 is 11.9 Å². The van der Waals surface area contributed by atoms with E-state index in [0.717, 1.165) is 5.56 Å². The molecule has 1 heterocycles. The first kappa shape index (κ1) is 21.0. The van der Waals surface area contributed by atoms with Gasteiger partial charge in [-0.05, 0) is 5.56 Å². The SMILES string of the molecule is COC1(OC)C(OC(C)=O)C2C=CC13C(OCc1ccccc1)COC(=O)C3C2O. The Morgan fingerprint density at radius 1 is 1.23 bits per heavy atom. The molecule has 1 aliphatic heterocycles. The molecule has 0 aromatic heterocycles. The predicted octanol–water partition coefficient (Wildman–Crippen LogP) is 1.21. The van der Waals surface area contributed by atoms with E-state index in [-0.39, 0.29) is 13.2 Å². The smallest absolute Gasteiger partial charge is 0.312 e. The molecule has 4 aliphatic rings. The molecule has 1 spiro atoms. The van der Waals surface area contributed by atoms with Crippen molar-refractivity contribution < 1.29 is 38.4 Å². The first-order valence-corrected chi connectivity index (χ1v) is 9.88. The number of rotatable bonds is 6. The maximum Gasteiger partial charge on any atom is 0.312 e. The Morgan fingerprint density at radius 3 is 2.57 bits per heavy atom. The second kappa shape index (κ2) is 7.77. The highest BCUT2D eigenvalue weighted by Gasteiger charge is 2.77. The van der Waals surface area contributed by atoms with Crippen molar-refractivity contribution in [2.45, 2.75) is 37.6 Å². The average molecular weight is 418 g/mol. The summed E-state index contributed by atoms with van der Waals surface area (Å²) in [5.41, 5.74) is -0.317. The van der Waals surface area contributed by atoms with Crippen LogP contribution in [0.4, 0.5) is 0 Å². The maximum absolute atomic E-state index is 12.8. The number of aliphatic hydroxyl groups is 1. The Balaban J connectivity index is 1.80. The van der Waals surface area contributed by atoms with Gasteiger partial charge in [0.25, 0.3) is 0 Å². The number of carbonyl (C=O) groups excluding carboxylic acids is 2. The lowest BCUT2D eigenvalue weighted by molar-refractivity contribution is -0.384. The van der Waals surface area contributed by atoms with Crippen molar-refractivity contribution in [3.05, 3.63) is 48.0 Å². The summed E-state index contributed by atoms with van der Waals surface area (Å²) in [6.07, 6.45) is 0.745. The van der Waals surface area contributed by atoms with Gasteiger partial charge in [-0.1, -0.05) is 42.5 Å². The molecule has 1 saturated carbocycles. The molecule has 6 atom stereocenters. The highest BCUT2D eigenvalue weighted by molar-refractivity contribution is 5.77. The number of cyclic esters (lactones) is 1. The minimum absolute atomic E-state index is 0.0504. The molecule has 8 heteroatoms. The molecule has 30 heavy (non-hydrogen) atoms. The summed E-state index contributed by atoms with van der Waals surface area (Å²) in [4.78, 5) is 24.7. The van der Waals surface area contributed by atoms with Crippen LogP contribution in [0.2, 0.25) is 0 Å². The molecule has 162 valence electrons. The predicted molar refractivity (Wildman–Crippen MR) is 103 cm³/mol. The van der Waals surface area contributed by atoms with E-state index < -0.39 is 53.3 Å². The van der Waals surface area contributed by atoms with Crippen molar-refractivity contribution in [3.8, 4) is 0 Å². The average Bonchev–Trinajstić information content (AvgIpc) is 2.74. The van der Waals surface area contributed by atoms with Crippen LogP contribution < -0.4 is 0 Å². The third-order valence-electron chi connectivity index (χ3n) is 6.53. The van der Waals surface area contributed by atoms with Crippen molar-refractivity contribution in [1.82, 2.24) is 0 Å². The summed E-state index contributed by atoms with van der Waals surface area (Å²) in [5.74, 6) is -4.33. The van der Waals surface area contributed by atoms with Crippen LogP contribution in [-0.2, 0) is 39.9 Å². The lowest BCUT2D eigenvalue weighted by Crippen LogP contribution is -2.79. The molecule has 6 unspecified atom stereocenters. The number of esters is 2. The van der Waals surface area contributed by atoms with Gasteiger partial charge in [-0.15, -0.1) is 0 Å². The molecule has 5 rings (SSSR count). The van der Waals surface area contributed by atoms with Gasteiger partial charge >= 0.3 is 11.9 Å². The lowest BCUT2D eigenvalue weighted by atomic mass is 9.50. The molecular weight excluding hydrogens is 392 g/mol. The molecule has 1 aromatic carbocycles. The molecule has 0 amide bonds. The van der Waals surface area contributed by atoms with Crippen LogP contribution in [-0.4, -0.2) is 62.0 Å². The Hall–Kier alpha value is -2.26. The largest absolute Gasteiger partial charge is 0.463 e. The van der Waals surface area contributed by atoms with Crippen LogP contribution in [0.15, 0.2) is 42.5 Å². The van der Waals surface area contributed by atoms with E-state index in [9.17, 15) is 14.7 Å². The fraction of sp³-hybridized carbons (Fsp3) is 0.545. The summed E-state index contributed by atoms with van der Waals surface area (Å²) < 4.78 is 28.9. The van der Waals surface area contributed by atoms with Gasteiger partial charge in [-0.3, -0.25) is 9.59 Å². The Morgan fingerprint density at radius 2 is 1.93 bits per heavy atom. The van der Waals surface area contributed by atoms with Gasteiger partial charge in [0.15, 0.2) is 6.10 Å². The lowest BCUT2D eigenvalue weighted by Gasteiger charge is -2.64. The topological polar surface area (TPSA) is 101 Å². The fourth-order valence-electron chi connectivity index (χ4n) is 5.32. The number of benzene rings is 1. The van der Waals surface area contributed by atoms with Crippen LogP contribution in [0.25, 0.3) is 0 Å². The van der Waals surface area contributed by atoms with Gasteiger partial charge in [0.1, 0.15) is 18.6 Å². The molecule has 2 bridgehead atoms. The summed E-state index contributed by atoms with van der Waals surface area (Å²) in [6.45, 7) is 1.49. The second-order valence-electron chi connectivity index (χ2n) is 7.86. The zero-order chi connectivity index (χ0) is 21.5. The van der Waals surface area contributed by atoms with Crippen LogP contribution in [0.1, 0.15) is 12.5 Å². The molecule has 1 aromatic rings. The fourth-order valence-corrected chi connectivity index (χ4v) is 5.32. The quantitative estimate of drug-likeness (QED) is 0.418. The Kier molecular flexibility index (Phi) is 5.44. The van der Waals surface area contributed by atoms with Crippen LogP contribution in [0.3, 0.4) is 0 Å². The highest BCUT2D eigenvalue weighted by atomic mass is 16.7. The molecule has 1 N–H and O–H groups in total. The van der Waals surface area contributed by atoms with E-state index in [1.165, 1.54) is 21.1 Å². The van der Waals surface area contributed by atoms with Crippen LogP contribution in [0.5, 0.6) is 0 Å². The molecular formula is C22H26O8. The van der Waals surface area contributed by atoms with Gasteiger partial charge in [-0.2, -0.15) is 0 Å². The minimum Gasteiger partial charge on any atom is -0.463 e. The summed E-state index contributed by atoms with van der Waals surface area (Å²) in [6, 6.07) is 9.57. The number of hydrogen-bond donors (Lipinski definition) is 1. The highest BCUT2D eigenvalue weighted by Crippen LogP contribution is 2.62. The van der Waals surface area contributed by atoms with Gasteiger partial charge in [0.05, 0.1) is 18.1 Å². The number of hydrogen-bond acceptors (Lipinski definition) is 8. The van der Waals surface area contributed by atoms with E-state index in [4.69, 9.17) is 23.7 Å². The maximum atomic E-state index is 12.8. The summed E-state index contributed by atoms with van der Waals surface area (Å²) >= 11 is 0. The van der Waals surface area contributed by atoms with Crippen LogP contribution in [0, 0.1) is 17.3 Å². The number of carbonyl (C=O) groups is 2. The van der Waals surface area contributed by atoms with Gasteiger partial charge < -0.3 is 28.8 Å². The van der Waals surface area contributed by atoms with Crippen molar-refractivity contribution in [2.24, 2.45) is 17.3 Å². The van der Waals surface area contributed by atoms with E-state index in [1.807, 2.05) is 30.3 Å². The third-order valence-corrected chi connectivity index (χ3v) is 6.53. The zero-order valence-electron chi connectivity index (χ0n) is 17.1. The van der Waals surface area contributed by atoms with Gasteiger partial charge in [-0.25, -0.2) is 0 Å². The Bertz CT molecular complexity index is 833. The van der Waals surface area contributed by atoms with E-state index in [0.29, 0.717) is 0 Å². The van der Waals surface area contributed by atoms with Crippen molar-refractivity contribution in [2.75, 3.05) is 20.8 Å². The first-order valence-electron chi connectivity index (χ1n) is 9.88. The molecule has 1 saturated heterocycles. The van der Waals surface area contributed by atoms with Crippen LogP contribution >= 0.6 is 0 Å². The number of methoxy groups -OCH3 is 2. The third kappa shape index (κ3) is 2.82. The van der Waals surface area contributed by atoms with E-state index in [2.05, 4.69) is 0 Å². The minimum atomic E-state index is -1.54. The number of fused-ring (bicyclic) bond motifs is 1. The number of aliphatic hydroxyl groups excluding tert-OH is 1. The van der Waals surface area contributed by atoms with E-state index in [1.54, 1.807) is 12.2 Å².